The lowest BCUT2D eigenvalue weighted by atomic mass is 9.85. The van der Waals surface area contributed by atoms with Gasteiger partial charge in [-0.25, -0.2) is 4.98 Å². The fraction of sp³-hybridized carbons (Fsp3) is 0.433. The third-order valence-electron chi connectivity index (χ3n) is 7.96. The fourth-order valence-electron chi connectivity index (χ4n) is 5.48. The molecule has 0 saturated carbocycles. The number of aliphatic carboxylic acids is 1. The molecular weight excluding hydrogens is 601 g/mol. The largest absolute Gasteiger partial charge is 0.488 e. The molecule has 3 heterocycles. The van der Waals surface area contributed by atoms with Gasteiger partial charge in [0.1, 0.15) is 12.4 Å². The summed E-state index contributed by atoms with van der Waals surface area (Å²) in [5, 5.41) is 20.9. The van der Waals surface area contributed by atoms with Gasteiger partial charge in [-0.15, -0.1) is 11.3 Å². The molecule has 228 valence electrons. The van der Waals surface area contributed by atoms with E-state index in [2.05, 4.69) is 28.1 Å². The number of aryl methyl sites for hydroxylation is 1. The summed E-state index contributed by atoms with van der Waals surface area (Å²) in [4.78, 5) is 19.8. The van der Waals surface area contributed by atoms with Crippen LogP contribution in [0.5, 0.6) is 5.75 Å². The summed E-state index contributed by atoms with van der Waals surface area (Å²) in [6.07, 6.45) is -4.78. The highest BCUT2D eigenvalue weighted by atomic mass is 32.2. The Morgan fingerprint density at radius 3 is 2.65 bits per heavy atom. The molecule has 2 aromatic carbocycles. The number of carboxylic acids is 1. The summed E-state index contributed by atoms with van der Waals surface area (Å²) in [6, 6.07) is 13.3. The lowest BCUT2D eigenvalue weighted by molar-refractivity contribution is -0.197. The van der Waals surface area contributed by atoms with Crippen molar-refractivity contribution >= 4 is 33.2 Å². The number of anilines is 1. The van der Waals surface area contributed by atoms with Crippen LogP contribution in [0, 0.1) is 30.1 Å². The number of nitriles is 1. The second kappa shape index (κ2) is 13.0. The van der Waals surface area contributed by atoms with Crippen molar-refractivity contribution in [1.82, 2.24) is 9.88 Å². The molecule has 2 fully saturated rings. The number of alkyl halides is 3. The standard InChI is InChI=1S/C30H31F3N4O4S2/c1-19-12-21(15-36-8-10-43(40)11-9-36)2-4-22(19)17-41-27-5-3-20(14-34)13-24(27)26-18-42-29(35-26)37-7-6-23(28(38)39)25(16-37)30(31,32)33/h2-5,12-13,18,23,25H,6-11,15-17H2,1H3,(H,38,39). The molecule has 2 saturated heterocycles. The molecule has 13 heteroatoms. The van der Waals surface area contributed by atoms with Crippen molar-refractivity contribution in [2.45, 2.75) is 32.7 Å². The molecule has 5 rings (SSSR count). The molecule has 2 unspecified atom stereocenters. The number of aromatic nitrogens is 1. The van der Waals surface area contributed by atoms with Crippen LogP contribution in [0.2, 0.25) is 0 Å². The summed E-state index contributed by atoms with van der Waals surface area (Å²) in [5.41, 5.74) is 4.61. The van der Waals surface area contributed by atoms with Gasteiger partial charge in [-0.1, -0.05) is 18.2 Å². The van der Waals surface area contributed by atoms with E-state index in [0.717, 1.165) is 30.8 Å². The highest BCUT2D eigenvalue weighted by Gasteiger charge is 2.50. The average molecular weight is 633 g/mol. The van der Waals surface area contributed by atoms with Gasteiger partial charge in [0.05, 0.1) is 29.2 Å². The van der Waals surface area contributed by atoms with E-state index in [9.17, 15) is 32.5 Å². The topological polar surface area (TPSA) is 107 Å². The number of hydrogen-bond donors (Lipinski definition) is 1. The van der Waals surface area contributed by atoms with Gasteiger partial charge < -0.3 is 14.7 Å². The van der Waals surface area contributed by atoms with Crippen LogP contribution < -0.4 is 9.64 Å². The Labute approximate surface area is 254 Å². The lowest BCUT2D eigenvalue weighted by Crippen LogP contribution is -2.49. The minimum atomic E-state index is -4.64. The van der Waals surface area contributed by atoms with Crippen molar-refractivity contribution in [3.63, 3.8) is 0 Å². The molecule has 1 N–H and O–H groups in total. The molecule has 0 aliphatic carbocycles. The molecule has 0 amide bonds. The fourth-order valence-corrected chi connectivity index (χ4v) is 7.47. The van der Waals surface area contributed by atoms with Gasteiger partial charge in [0.2, 0.25) is 0 Å². The van der Waals surface area contributed by atoms with Gasteiger partial charge in [0, 0.05) is 66.0 Å². The number of thiazole rings is 1. The minimum Gasteiger partial charge on any atom is -0.488 e. The van der Waals surface area contributed by atoms with E-state index in [-0.39, 0.29) is 19.6 Å². The van der Waals surface area contributed by atoms with Crippen molar-refractivity contribution < 1.29 is 32.0 Å². The van der Waals surface area contributed by atoms with Crippen molar-refractivity contribution in [2.24, 2.45) is 11.8 Å². The van der Waals surface area contributed by atoms with Crippen LogP contribution in [-0.2, 0) is 28.7 Å². The highest BCUT2D eigenvalue weighted by molar-refractivity contribution is 7.85. The smallest absolute Gasteiger partial charge is 0.394 e. The number of piperidine rings is 1. The van der Waals surface area contributed by atoms with Gasteiger partial charge in [0.25, 0.3) is 0 Å². The Morgan fingerprint density at radius 2 is 1.98 bits per heavy atom. The number of benzene rings is 2. The van der Waals surface area contributed by atoms with E-state index in [1.165, 1.54) is 21.8 Å². The zero-order chi connectivity index (χ0) is 30.7. The Kier molecular flexibility index (Phi) is 9.39. The van der Waals surface area contributed by atoms with Crippen LogP contribution in [0.15, 0.2) is 41.8 Å². The van der Waals surface area contributed by atoms with Crippen molar-refractivity contribution in [1.29, 1.82) is 5.26 Å². The molecule has 0 radical (unpaired) electrons. The Bertz CT molecular complexity index is 1540. The number of ether oxygens (including phenoxy) is 1. The maximum absolute atomic E-state index is 13.7. The Balaban J connectivity index is 1.31. The van der Waals surface area contributed by atoms with Gasteiger partial charge in [0.15, 0.2) is 5.13 Å². The molecule has 0 spiro atoms. The molecule has 43 heavy (non-hydrogen) atoms. The predicted molar refractivity (Wildman–Crippen MR) is 158 cm³/mol. The van der Waals surface area contributed by atoms with Gasteiger partial charge >= 0.3 is 12.1 Å². The molecule has 0 bridgehead atoms. The molecule has 2 aliphatic rings. The molecule has 3 aromatic rings. The third-order valence-corrected chi connectivity index (χ3v) is 10.1. The van der Waals surface area contributed by atoms with Crippen molar-refractivity contribution in [2.75, 3.05) is 42.6 Å². The van der Waals surface area contributed by atoms with Crippen molar-refractivity contribution in [3.8, 4) is 23.1 Å². The van der Waals surface area contributed by atoms with E-state index in [1.807, 2.05) is 13.0 Å². The van der Waals surface area contributed by atoms with Crippen LogP contribution >= 0.6 is 11.3 Å². The second-order valence-corrected chi connectivity index (χ2v) is 13.4. The van der Waals surface area contributed by atoms with Crippen molar-refractivity contribution in [3.05, 3.63) is 64.0 Å². The lowest BCUT2D eigenvalue weighted by Gasteiger charge is -2.37. The zero-order valence-corrected chi connectivity index (χ0v) is 25.1. The number of rotatable bonds is 8. The predicted octanol–water partition coefficient (Wildman–Crippen LogP) is 5.22. The van der Waals surface area contributed by atoms with Gasteiger partial charge in [-0.2, -0.15) is 18.4 Å². The normalized spacial score (nSPS) is 20.1. The second-order valence-electron chi connectivity index (χ2n) is 10.8. The summed E-state index contributed by atoms with van der Waals surface area (Å²) < 4.78 is 58.9. The quantitative estimate of drug-likeness (QED) is 0.360. The minimum absolute atomic E-state index is 0.135. The monoisotopic (exact) mass is 632 g/mol. The molecule has 2 aliphatic heterocycles. The molecule has 1 aromatic heterocycles. The van der Waals surface area contributed by atoms with E-state index in [4.69, 9.17) is 4.74 Å². The number of carbonyl (C=O) groups is 1. The number of halogens is 3. The van der Waals surface area contributed by atoms with Crippen LogP contribution in [0.1, 0.15) is 28.7 Å². The van der Waals surface area contributed by atoms with Crippen LogP contribution in [0.3, 0.4) is 0 Å². The summed E-state index contributed by atoms with van der Waals surface area (Å²) in [6.45, 7) is 4.37. The zero-order valence-electron chi connectivity index (χ0n) is 23.5. The summed E-state index contributed by atoms with van der Waals surface area (Å²) in [5.74, 6) is -3.03. The third kappa shape index (κ3) is 7.37. The van der Waals surface area contributed by atoms with E-state index >= 15 is 0 Å². The highest BCUT2D eigenvalue weighted by Crippen LogP contribution is 2.41. The first kappa shape index (κ1) is 31.0. The maximum Gasteiger partial charge on any atom is 0.394 e. The van der Waals surface area contributed by atoms with E-state index in [1.54, 1.807) is 23.6 Å². The number of hydrogen-bond acceptors (Lipinski definition) is 8. The van der Waals surface area contributed by atoms with Crippen LogP contribution in [0.25, 0.3) is 11.3 Å². The first-order chi connectivity index (χ1) is 20.5. The van der Waals surface area contributed by atoms with Crippen LogP contribution in [-0.4, -0.2) is 69.0 Å². The number of carboxylic acid groups (broad SMARTS) is 1. The summed E-state index contributed by atoms with van der Waals surface area (Å²) in [7, 11) is -0.717. The van der Waals surface area contributed by atoms with Gasteiger partial charge in [-0.05, 0) is 48.2 Å². The SMILES string of the molecule is Cc1cc(CN2CCS(=O)CC2)ccc1COc1ccc(C#N)cc1-c1csc(N2CCC(C(=O)O)C(C(F)(F)F)C2)n1. The molecule has 8 nitrogen and oxygen atoms in total. The average Bonchev–Trinajstić information content (AvgIpc) is 3.47. The number of nitrogens with zero attached hydrogens (tertiary/aromatic N) is 4. The first-order valence-corrected chi connectivity index (χ1v) is 16.2. The first-order valence-electron chi connectivity index (χ1n) is 13.8. The Hall–Kier alpha value is -3.47. The maximum atomic E-state index is 13.7. The van der Waals surface area contributed by atoms with Gasteiger partial charge in [-0.3, -0.25) is 13.9 Å². The van der Waals surface area contributed by atoms with Crippen LogP contribution in [0.4, 0.5) is 18.3 Å². The molecule has 2 atom stereocenters. The summed E-state index contributed by atoms with van der Waals surface area (Å²) >= 11 is 1.17. The van der Waals surface area contributed by atoms with E-state index < -0.39 is 41.3 Å². The Morgan fingerprint density at radius 1 is 1.21 bits per heavy atom. The van der Waals surface area contributed by atoms with E-state index in [0.29, 0.717) is 39.2 Å². The molecular formula is C30H31F3N4O4S2.